The van der Waals surface area contributed by atoms with Crippen molar-refractivity contribution in [2.75, 3.05) is 5.43 Å². The topological polar surface area (TPSA) is 97.1 Å². The van der Waals surface area contributed by atoms with Crippen molar-refractivity contribution in [3.05, 3.63) is 18.3 Å². The summed E-state index contributed by atoms with van der Waals surface area (Å²) in [4.78, 5) is 4.07. The number of hydrogen-bond acceptors (Lipinski definition) is 5. The summed E-state index contributed by atoms with van der Waals surface area (Å²) in [6, 6.07) is 3.08. The van der Waals surface area contributed by atoms with E-state index in [4.69, 9.17) is 5.84 Å². The summed E-state index contributed by atoms with van der Waals surface area (Å²) < 4.78 is 26.9. The van der Waals surface area contributed by atoms with Gasteiger partial charge in [-0.2, -0.15) is 0 Å². The van der Waals surface area contributed by atoms with Gasteiger partial charge >= 0.3 is 0 Å². The predicted molar refractivity (Wildman–Crippen MR) is 69.2 cm³/mol. The number of nitrogens with zero attached hydrogens (tertiary/aromatic N) is 1. The van der Waals surface area contributed by atoms with Crippen LogP contribution < -0.4 is 16.0 Å². The fraction of sp³-hybridized carbons (Fsp3) is 0.545. The lowest BCUT2D eigenvalue weighted by Gasteiger charge is -2.22. The molecule has 1 aliphatic carbocycles. The van der Waals surface area contributed by atoms with Crippen LogP contribution in [0.5, 0.6) is 0 Å². The molecule has 0 aliphatic heterocycles. The van der Waals surface area contributed by atoms with E-state index in [2.05, 4.69) is 15.1 Å². The summed E-state index contributed by atoms with van der Waals surface area (Å²) in [7, 11) is -3.47. The lowest BCUT2D eigenvalue weighted by Crippen LogP contribution is -2.36. The zero-order chi connectivity index (χ0) is 13.0. The summed E-state index contributed by atoms with van der Waals surface area (Å²) in [5.74, 6) is 5.62. The molecule has 2 rings (SSSR count). The Bertz CT molecular complexity index is 480. The van der Waals surface area contributed by atoms with Crippen molar-refractivity contribution in [1.82, 2.24) is 9.71 Å². The lowest BCUT2D eigenvalue weighted by molar-refractivity contribution is 0.412. The molecule has 1 aliphatic rings. The normalized spacial score (nSPS) is 17.6. The van der Waals surface area contributed by atoms with Crippen LogP contribution >= 0.6 is 0 Å². The number of nitrogen functional groups attached to an aromatic ring is 1. The largest absolute Gasteiger partial charge is 0.308 e. The highest BCUT2D eigenvalue weighted by Gasteiger charge is 2.21. The van der Waals surface area contributed by atoms with Crippen molar-refractivity contribution in [3.8, 4) is 0 Å². The molecule has 6 nitrogen and oxygen atoms in total. The van der Waals surface area contributed by atoms with Crippen LogP contribution in [-0.2, 0) is 10.0 Å². The maximum Gasteiger partial charge on any atom is 0.242 e. The van der Waals surface area contributed by atoms with Crippen LogP contribution in [0.1, 0.15) is 32.1 Å². The molecule has 1 aromatic heterocycles. The van der Waals surface area contributed by atoms with Gasteiger partial charge in [0, 0.05) is 12.2 Å². The summed E-state index contributed by atoms with van der Waals surface area (Å²) >= 11 is 0. The van der Waals surface area contributed by atoms with Crippen LogP contribution in [0.2, 0.25) is 0 Å². The van der Waals surface area contributed by atoms with E-state index in [1.54, 1.807) is 0 Å². The smallest absolute Gasteiger partial charge is 0.242 e. The van der Waals surface area contributed by atoms with Gasteiger partial charge in [-0.3, -0.25) is 0 Å². The first-order chi connectivity index (χ1) is 8.62. The van der Waals surface area contributed by atoms with Gasteiger partial charge in [0.1, 0.15) is 10.7 Å². The molecule has 0 atom stereocenters. The molecule has 7 heteroatoms. The van der Waals surface area contributed by atoms with Gasteiger partial charge in [-0.25, -0.2) is 24.0 Å². The van der Waals surface area contributed by atoms with Gasteiger partial charge in [-0.1, -0.05) is 19.3 Å². The number of rotatable bonds is 4. The van der Waals surface area contributed by atoms with E-state index in [-0.39, 0.29) is 10.9 Å². The van der Waals surface area contributed by atoms with E-state index in [0.29, 0.717) is 5.82 Å². The van der Waals surface area contributed by atoms with Crippen LogP contribution in [0.15, 0.2) is 23.2 Å². The first-order valence-electron chi connectivity index (χ1n) is 6.07. The number of nitrogens with one attached hydrogen (secondary N) is 2. The van der Waals surface area contributed by atoms with Crippen LogP contribution in [-0.4, -0.2) is 19.4 Å². The lowest BCUT2D eigenvalue weighted by atomic mass is 9.96. The Labute approximate surface area is 107 Å². The Morgan fingerprint density at radius 2 is 1.94 bits per heavy atom. The van der Waals surface area contributed by atoms with Gasteiger partial charge in [0.05, 0.1) is 0 Å². The second kappa shape index (κ2) is 5.64. The van der Waals surface area contributed by atoms with Crippen molar-refractivity contribution in [1.29, 1.82) is 0 Å². The average Bonchev–Trinajstić information content (AvgIpc) is 2.39. The third kappa shape index (κ3) is 3.18. The Morgan fingerprint density at radius 3 is 2.50 bits per heavy atom. The molecule has 0 radical (unpaired) electrons. The number of anilines is 1. The van der Waals surface area contributed by atoms with E-state index < -0.39 is 10.0 Å². The van der Waals surface area contributed by atoms with Crippen LogP contribution in [0, 0.1) is 0 Å². The highest BCUT2D eigenvalue weighted by Crippen LogP contribution is 2.20. The molecular formula is C11H18N4O2S. The highest BCUT2D eigenvalue weighted by molar-refractivity contribution is 7.89. The molecule has 1 fully saturated rings. The number of pyridine rings is 1. The summed E-state index contributed by atoms with van der Waals surface area (Å²) in [6.45, 7) is 0. The number of nitrogens with two attached hydrogens (primary N) is 1. The van der Waals surface area contributed by atoms with E-state index in [0.717, 1.165) is 25.7 Å². The number of sulfonamides is 1. The molecular weight excluding hydrogens is 252 g/mol. The van der Waals surface area contributed by atoms with Crippen molar-refractivity contribution in [2.24, 2.45) is 5.84 Å². The zero-order valence-electron chi connectivity index (χ0n) is 10.1. The second-order valence-electron chi connectivity index (χ2n) is 4.48. The van der Waals surface area contributed by atoms with Crippen molar-refractivity contribution < 1.29 is 8.42 Å². The Morgan fingerprint density at radius 1 is 1.22 bits per heavy atom. The second-order valence-corrected chi connectivity index (χ2v) is 6.19. The van der Waals surface area contributed by atoms with Crippen molar-refractivity contribution >= 4 is 15.8 Å². The molecule has 1 aromatic rings. The van der Waals surface area contributed by atoms with Gasteiger partial charge in [0.2, 0.25) is 10.0 Å². The third-order valence-corrected chi connectivity index (χ3v) is 4.63. The Balaban J connectivity index is 2.08. The summed E-state index contributed by atoms with van der Waals surface area (Å²) in [5.41, 5.74) is 2.36. The van der Waals surface area contributed by atoms with E-state index in [1.807, 2.05) is 0 Å². The third-order valence-electron chi connectivity index (χ3n) is 3.12. The quantitative estimate of drug-likeness (QED) is 0.559. The number of hydrogen-bond donors (Lipinski definition) is 3. The van der Waals surface area contributed by atoms with Gasteiger partial charge in [0.15, 0.2) is 0 Å². The standard InChI is InChI=1S/C11H18N4O2S/c12-14-11-7-6-10(8-13-11)18(16,17)15-9-4-2-1-3-5-9/h6-9,15H,1-5,12H2,(H,13,14). The van der Waals surface area contributed by atoms with E-state index in [9.17, 15) is 8.42 Å². The minimum atomic E-state index is -3.47. The van der Waals surface area contributed by atoms with Crippen molar-refractivity contribution in [3.63, 3.8) is 0 Å². The molecule has 100 valence electrons. The predicted octanol–water partition coefficient (Wildman–Crippen LogP) is 0.978. The zero-order valence-corrected chi connectivity index (χ0v) is 10.9. The first-order valence-corrected chi connectivity index (χ1v) is 7.55. The maximum absolute atomic E-state index is 12.1. The minimum Gasteiger partial charge on any atom is -0.308 e. The summed E-state index contributed by atoms with van der Waals surface area (Å²) in [6.07, 6.45) is 6.49. The summed E-state index contributed by atoms with van der Waals surface area (Å²) in [5, 5.41) is 0. The molecule has 0 amide bonds. The molecule has 18 heavy (non-hydrogen) atoms. The van der Waals surface area contributed by atoms with Crippen LogP contribution in [0.4, 0.5) is 5.82 Å². The molecule has 1 heterocycles. The molecule has 4 N–H and O–H groups in total. The first kappa shape index (κ1) is 13.3. The SMILES string of the molecule is NNc1ccc(S(=O)(=O)NC2CCCCC2)cn1. The van der Waals surface area contributed by atoms with Crippen molar-refractivity contribution in [2.45, 2.75) is 43.0 Å². The van der Waals surface area contributed by atoms with Crippen LogP contribution in [0.3, 0.4) is 0 Å². The molecule has 0 aromatic carbocycles. The molecule has 0 unspecified atom stereocenters. The number of hydrazine groups is 1. The molecule has 1 saturated carbocycles. The maximum atomic E-state index is 12.1. The van der Waals surface area contributed by atoms with Gasteiger partial charge < -0.3 is 5.43 Å². The monoisotopic (exact) mass is 270 g/mol. The van der Waals surface area contributed by atoms with Gasteiger partial charge in [-0.15, -0.1) is 0 Å². The van der Waals surface area contributed by atoms with Gasteiger partial charge in [-0.05, 0) is 25.0 Å². The van der Waals surface area contributed by atoms with E-state index >= 15 is 0 Å². The van der Waals surface area contributed by atoms with Gasteiger partial charge in [0.25, 0.3) is 0 Å². The molecule has 0 saturated heterocycles. The Hall–Kier alpha value is -1.18. The fourth-order valence-electron chi connectivity index (χ4n) is 2.13. The minimum absolute atomic E-state index is 0.0519. The molecule has 0 spiro atoms. The number of aromatic nitrogens is 1. The average molecular weight is 270 g/mol. The van der Waals surface area contributed by atoms with Crippen LogP contribution in [0.25, 0.3) is 0 Å². The Kier molecular flexibility index (Phi) is 4.15. The van der Waals surface area contributed by atoms with E-state index in [1.165, 1.54) is 24.8 Å². The fourth-order valence-corrected chi connectivity index (χ4v) is 3.38. The molecule has 0 bridgehead atoms. The highest BCUT2D eigenvalue weighted by atomic mass is 32.2.